The van der Waals surface area contributed by atoms with Crippen molar-refractivity contribution in [3.05, 3.63) is 40.4 Å². The fourth-order valence-corrected chi connectivity index (χ4v) is 5.01. The van der Waals surface area contributed by atoms with E-state index in [2.05, 4.69) is 17.2 Å². The molecule has 0 atom stereocenters. The van der Waals surface area contributed by atoms with Gasteiger partial charge in [-0.15, -0.1) is 11.3 Å². The molecule has 0 bridgehead atoms. The molecule has 1 aromatic heterocycles. The van der Waals surface area contributed by atoms with Crippen LogP contribution in [0.15, 0.2) is 24.3 Å². The van der Waals surface area contributed by atoms with E-state index in [1.54, 1.807) is 31.2 Å². The molecule has 0 fully saturated rings. The van der Waals surface area contributed by atoms with Crippen LogP contribution >= 0.6 is 11.3 Å². The van der Waals surface area contributed by atoms with Gasteiger partial charge in [0, 0.05) is 30.0 Å². The first-order valence-corrected chi connectivity index (χ1v) is 11.9. The van der Waals surface area contributed by atoms with Crippen LogP contribution in [0.25, 0.3) is 0 Å². The molecule has 1 aliphatic rings. The number of thiazole rings is 1. The van der Waals surface area contributed by atoms with Crippen LogP contribution in [0.4, 0.5) is 5.13 Å². The average molecular weight is 424 g/mol. The van der Waals surface area contributed by atoms with E-state index in [1.807, 2.05) is 0 Å². The van der Waals surface area contributed by atoms with Gasteiger partial charge in [-0.3, -0.25) is 10.1 Å². The van der Waals surface area contributed by atoms with E-state index in [-0.39, 0.29) is 11.7 Å². The minimum atomic E-state index is -3.22. The van der Waals surface area contributed by atoms with Crippen LogP contribution in [0.2, 0.25) is 0 Å². The summed E-state index contributed by atoms with van der Waals surface area (Å²) in [6.45, 7) is 5.16. The molecule has 1 aliphatic heterocycles. The Kier molecular flexibility index (Phi) is 6.69. The van der Waals surface area contributed by atoms with E-state index >= 15 is 0 Å². The number of benzene rings is 1. The summed E-state index contributed by atoms with van der Waals surface area (Å²) >= 11 is 1.33. The van der Waals surface area contributed by atoms with Gasteiger partial charge in [-0.25, -0.2) is 13.4 Å². The zero-order valence-electron chi connectivity index (χ0n) is 16.1. The van der Waals surface area contributed by atoms with Crippen molar-refractivity contribution in [2.75, 3.05) is 24.2 Å². The number of unbranched alkanes of at least 4 members (excludes halogenated alkanes) is 1. The van der Waals surface area contributed by atoms with E-state index in [0.29, 0.717) is 36.8 Å². The fourth-order valence-electron chi connectivity index (χ4n) is 2.85. The molecule has 0 unspecified atom stereocenters. The number of carbonyl (C=O) groups is 1. The Labute approximate surface area is 169 Å². The lowest BCUT2D eigenvalue weighted by Crippen LogP contribution is -2.36. The first-order chi connectivity index (χ1) is 13.4. The van der Waals surface area contributed by atoms with Gasteiger partial charge in [0.1, 0.15) is 5.75 Å². The van der Waals surface area contributed by atoms with Crippen molar-refractivity contribution in [2.24, 2.45) is 0 Å². The zero-order chi connectivity index (χ0) is 20.1. The number of hydrogen-bond acceptors (Lipinski definition) is 6. The summed E-state index contributed by atoms with van der Waals surface area (Å²) in [4.78, 5) is 17.8. The topological polar surface area (TPSA) is 88.6 Å². The molecule has 2 heterocycles. The largest absolute Gasteiger partial charge is 0.494 e. The normalized spacial score (nSPS) is 14.5. The second kappa shape index (κ2) is 9.02. The maximum Gasteiger partial charge on any atom is 0.257 e. The molecule has 0 aliphatic carbocycles. The van der Waals surface area contributed by atoms with Gasteiger partial charge in [-0.1, -0.05) is 13.3 Å². The molecule has 1 aromatic carbocycles. The molecule has 0 radical (unpaired) electrons. The van der Waals surface area contributed by atoms with Crippen LogP contribution in [0.3, 0.4) is 0 Å². The van der Waals surface area contributed by atoms with Gasteiger partial charge in [0.15, 0.2) is 5.13 Å². The lowest BCUT2D eigenvalue weighted by Gasteiger charge is -2.24. The summed E-state index contributed by atoms with van der Waals surface area (Å²) < 4.78 is 31.2. The van der Waals surface area contributed by atoms with Crippen molar-refractivity contribution in [3.63, 3.8) is 0 Å². The Morgan fingerprint density at radius 1 is 1.29 bits per heavy atom. The van der Waals surface area contributed by atoms with Crippen molar-refractivity contribution in [1.82, 2.24) is 9.29 Å². The van der Waals surface area contributed by atoms with Crippen molar-refractivity contribution >= 4 is 32.4 Å². The summed E-state index contributed by atoms with van der Waals surface area (Å²) in [5, 5.41) is 3.31. The highest BCUT2D eigenvalue weighted by Crippen LogP contribution is 2.30. The number of sulfonamides is 1. The zero-order valence-corrected chi connectivity index (χ0v) is 17.7. The summed E-state index contributed by atoms with van der Waals surface area (Å²) in [6.07, 6.45) is 2.62. The van der Waals surface area contributed by atoms with E-state index in [4.69, 9.17) is 4.74 Å². The van der Waals surface area contributed by atoms with Crippen LogP contribution in [0.5, 0.6) is 5.75 Å². The van der Waals surface area contributed by atoms with Crippen LogP contribution in [-0.2, 0) is 23.0 Å². The molecule has 2 aromatic rings. The smallest absolute Gasteiger partial charge is 0.257 e. The maximum absolute atomic E-state index is 12.5. The third-order valence-electron chi connectivity index (χ3n) is 4.56. The van der Waals surface area contributed by atoms with Gasteiger partial charge in [0.2, 0.25) is 10.0 Å². The Morgan fingerprint density at radius 3 is 2.71 bits per heavy atom. The maximum atomic E-state index is 12.5. The number of nitrogens with zero attached hydrogens (tertiary/aromatic N) is 2. The molecule has 3 rings (SSSR count). The Morgan fingerprint density at radius 2 is 2.04 bits per heavy atom. The number of rotatable bonds is 8. The first kappa shape index (κ1) is 20.8. The van der Waals surface area contributed by atoms with Crippen LogP contribution in [0, 0.1) is 0 Å². The van der Waals surface area contributed by atoms with Gasteiger partial charge >= 0.3 is 0 Å². The molecule has 1 amide bonds. The van der Waals surface area contributed by atoms with Crippen LogP contribution in [-0.4, -0.2) is 42.5 Å². The molecular weight excluding hydrogens is 398 g/mol. The quantitative estimate of drug-likeness (QED) is 0.658. The average Bonchev–Trinajstić information content (AvgIpc) is 3.10. The minimum Gasteiger partial charge on any atom is -0.494 e. The molecule has 7 nitrogen and oxygen atoms in total. The number of aromatic nitrogens is 1. The number of anilines is 1. The minimum absolute atomic E-state index is 0.0862. The molecule has 28 heavy (non-hydrogen) atoms. The summed E-state index contributed by atoms with van der Waals surface area (Å²) in [5.41, 5.74) is 1.38. The van der Waals surface area contributed by atoms with E-state index < -0.39 is 10.0 Å². The summed E-state index contributed by atoms with van der Waals surface area (Å²) in [6, 6.07) is 7.01. The molecule has 152 valence electrons. The highest BCUT2D eigenvalue weighted by atomic mass is 32.2. The predicted octanol–water partition coefficient (Wildman–Crippen LogP) is 3.28. The van der Waals surface area contributed by atoms with E-state index in [9.17, 15) is 13.2 Å². The van der Waals surface area contributed by atoms with Crippen molar-refractivity contribution < 1.29 is 17.9 Å². The predicted molar refractivity (Wildman–Crippen MR) is 110 cm³/mol. The highest BCUT2D eigenvalue weighted by molar-refractivity contribution is 7.89. The Bertz CT molecular complexity index is 923. The fraction of sp³-hybridized carbons (Fsp3) is 0.474. The molecular formula is C19H25N3O4S2. The lowest BCUT2D eigenvalue weighted by molar-refractivity contribution is 0.102. The first-order valence-electron chi connectivity index (χ1n) is 9.43. The second-order valence-corrected chi connectivity index (χ2v) is 9.89. The van der Waals surface area contributed by atoms with E-state index in [0.717, 1.165) is 29.2 Å². The molecule has 0 saturated heterocycles. The molecule has 0 saturated carbocycles. The standard InChI is InChI=1S/C19H25N3O4S2/c1-3-5-12-26-15-8-6-14(7-9-15)18(23)21-19-20-16-10-11-22(13-17(16)27-19)28(24,25)4-2/h6-9H,3-5,10-13H2,1-2H3,(H,20,21,23). The monoisotopic (exact) mass is 423 g/mol. The number of amides is 1. The number of carbonyl (C=O) groups excluding carboxylic acids is 1. The SMILES string of the molecule is CCCCOc1ccc(C(=O)Nc2nc3c(s2)CN(S(=O)(=O)CC)CC3)cc1. The van der Waals surface area contributed by atoms with Crippen molar-refractivity contribution in [3.8, 4) is 5.75 Å². The van der Waals surface area contributed by atoms with Gasteiger partial charge in [0.25, 0.3) is 5.91 Å². The molecule has 1 N–H and O–H groups in total. The third kappa shape index (κ3) is 4.89. The van der Waals surface area contributed by atoms with Crippen LogP contribution in [0.1, 0.15) is 47.6 Å². The molecule has 9 heteroatoms. The van der Waals surface area contributed by atoms with Gasteiger partial charge in [0.05, 0.1) is 18.1 Å². The van der Waals surface area contributed by atoms with Crippen molar-refractivity contribution in [2.45, 2.75) is 39.7 Å². The van der Waals surface area contributed by atoms with Gasteiger partial charge < -0.3 is 4.74 Å². The number of hydrogen-bond donors (Lipinski definition) is 1. The van der Waals surface area contributed by atoms with Gasteiger partial charge in [-0.05, 0) is 37.6 Å². The van der Waals surface area contributed by atoms with Gasteiger partial charge in [-0.2, -0.15) is 4.31 Å². The third-order valence-corrected chi connectivity index (χ3v) is 7.38. The van der Waals surface area contributed by atoms with Crippen LogP contribution < -0.4 is 10.1 Å². The number of ether oxygens (including phenoxy) is 1. The summed E-state index contributed by atoms with van der Waals surface area (Å²) in [7, 11) is -3.22. The lowest BCUT2D eigenvalue weighted by atomic mass is 10.2. The number of nitrogens with one attached hydrogen (secondary N) is 1. The number of fused-ring (bicyclic) bond motifs is 1. The van der Waals surface area contributed by atoms with Crippen molar-refractivity contribution in [1.29, 1.82) is 0 Å². The summed E-state index contributed by atoms with van der Waals surface area (Å²) in [5.74, 6) is 0.583. The molecule has 0 spiro atoms. The Balaban J connectivity index is 1.63. The second-order valence-electron chi connectivity index (χ2n) is 6.55. The Hall–Kier alpha value is -1.97. The highest BCUT2D eigenvalue weighted by Gasteiger charge is 2.28. The van der Waals surface area contributed by atoms with E-state index in [1.165, 1.54) is 15.6 Å².